The van der Waals surface area contributed by atoms with E-state index < -0.39 is 11.7 Å². The van der Waals surface area contributed by atoms with Crippen molar-refractivity contribution in [2.75, 3.05) is 5.32 Å². The van der Waals surface area contributed by atoms with Crippen LogP contribution in [-0.4, -0.2) is 9.97 Å². The van der Waals surface area contributed by atoms with Crippen LogP contribution in [0.4, 0.5) is 18.9 Å². The van der Waals surface area contributed by atoms with Crippen molar-refractivity contribution in [2.45, 2.75) is 12.7 Å². The van der Waals surface area contributed by atoms with E-state index in [9.17, 15) is 13.2 Å². The smallest absolute Gasteiger partial charge is 0.417 e. The zero-order chi connectivity index (χ0) is 18.7. The minimum absolute atomic E-state index is 0.116. The number of ether oxygens (including phenoxy) is 1. The van der Waals surface area contributed by atoms with Gasteiger partial charge in [-0.3, -0.25) is 0 Å². The second kappa shape index (κ2) is 7.69. The first-order valence-electron chi connectivity index (χ1n) is 7.16. The van der Waals surface area contributed by atoms with Crippen molar-refractivity contribution < 1.29 is 17.9 Å². The summed E-state index contributed by atoms with van der Waals surface area (Å²) in [4.78, 5) is 8.54. The van der Waals surface area contributed by atoms with Crippen LogP contribution in [0.1, 0.15) is 10.4 Å². The van der Waals surface area contributed by atoms with Crippen molar-refractivity contribution in [3.63, 3.8) is 0 Å². The van der Waals surface area contributed by atoms with E-state index in [-0.39, 0.29) is 10.9 Å². The number of hydrogen-bond donors (Lipinski definition) is 1. The van der Waals surface area contributed by atoms with Gasteiger partial charge in [-0.25, -0.2) is 9.97 Å². The zero-order valence-electron chi connectivity index (χ0n) is 12.8. The van der Waals surface area contributed by atoms with Gasteiger partial charge < -0.3 is 10.1 Å². The van der Waals surface area contributed by atoms with Gasteiger partial charge >= 0.3 is 6.18 Å². The Bertz CT molecular complexity index is 918. The van der Waals surface area contributed by atoms with E-state index in [1.165, 1.54) is 11.3 Å². The Morgan fingerprint density at radius 3 is 2.54 bits per heavy atom. The largest absolute Gasteiger partial charge is 0.435 e. The Kier molecular flexibility index (Phi) is 5.55. The molecule has 0 fully saturated rings. The molecule has 136 valence electrons. The van der Waals surface area contributed by atoms with Gasteiger partial charge in [0.15, 0.2) is 10.2 Å². The molecule has 0 amide bonds. The highest BCUT2D eigenvalue weighted by Gasteiger charge is 2.31. The van der Waals surface area contributed by atoms with E-state index in [1.54, 1.807) is 30.5 Å². The maximum Gasteiger partial charge on any atom is 0.417 e. The first kappa shape index (κ1) is 18.8. The second-order valence-electron chi connectivity index (χ2n) is 5.04. The summed E-state index contributed by atoms with van der Waals surface area (Å²) in [5.41, 5.74) is -0.321. The van der Waals surface area contributed by atoms with E-state index in [2.05, 4.69) is 15.3 Å². The molecule has 0 saturated carbocycles. The molecule has 0 unspecified atom stereocenters. The highest BCUT2D eigenvalue weighted by atomic mass is 35.5. The molecule has 3 aromatic rings. The fourth-order valence-electron chi connectivity index (χ4n) is 2.01. The summed E-state index contributed by atoms with van der Waals surface area (Å²) in [6.45, 7) is 0.457. The number of pyridine rings is 1. The first-order valence-corrected chi connectivity index (χ1v) is 8.74. The van der Waals surface area contributed by atoms with E-state index >= 15 is 0 Å². The number of benzene rings is 1. The van der Waals surface area contributed by atoms with E-state index in [0.29, 0.717) is 28.6 Å². The molecule has 0 aliphatic heterocycles. The van der Waals surface area contributed by atoms with Gasteiger partial charge in [-0.15, -0.1) is 11.3 Å². The normalized spacial score (nSPS) is 11.4. The fraction of sp³-hybridized carbons (Fsp3) is 0.125. The van der Waals surface area contributed by atoms with Crippen LogP contribution in [0.3, 0.4) is 0 Å². The summed E-state index contributed by atoms with van der Waals surface area (Å²) < 4.78 is 44.1. The molecule has 4 nitrogen and oxygen atoms in total. The fourth-order valence-corrected chi connectivity index (χ4v) is 3.13. The van der Waals surface area contributed by atoms with Gasteiger partial charge in [-0.1, -0.05) is 35.3 Å². The van der Waals surface area contributed by atoms with Gasteiger partial charge in [-0.2, -0.15) is 13.2 Å². The summed E-state index contributed by atoms with van der Waals surface area (Å²) in [5.74, 6) is 0.257. The Hall–Kier alpha value is -2.03. The number of nitrogens with zero attached hydrogens (tertiary/aromatic N) is 2. The number of nitrogens with one attached hydrogen (secondary N) is 1. The Morgan fingerprint density at radius 1 is 1.12 bits per heavy atom. The SMILES string of the molecule is FC(F)(F)c1cnc(Oc2ccccc2NCc2cnc(Cl)s2)c(Cl)c1. The molecular formula is C16H10Cl2F3N3OS. The van der Waals surface area contributed by atoms with Crippen molar-refractivity contribution in [1.29, 1.82) is 0 Å². The molecule has 1 aromatic carbocycles. The molecule has 0 bridgehead atoms. The maximum absolute atomic E-state index is 12.7. The van der Waals surface area contributed by atoms with Crippen molar-refractivity contribution in [2.24, 2.45) is 0 Å². The Labute approximate surface area is 160 Å². The van der Waals surface area contributed by atoms with E-state index in [0.717, 1.165) is 10.9 Å². The first-order chi connectivity index (χ1) is 12.3. The standard InChI is InChI=1S/C16H10Cl2F3N3OS/c17-11-5-9(16(19,20)21)6-23-14(11)25-13-4-2-1-3-12(13)22-7-10-8-24-15(18)26-10/h1-6,8,22H,7H2. The number of para-hydroxylation sites is 2. The van der Waals surface area contributed by atoms with Crippen LogP contribution >= 0.6 is 34.5 Å². The topological polar surface area (TPSA) is 47.0 Å². The van der Waals surface area contributed by atoms with Gasteiger partial charge in [0.05, 0.1) is 17.8 Å². The maximum atomic E-state index is 12.7. The van der Waals surface area contributed by atoms with Crippen LogP contribution in [0, 0.1) is 0 Å². The van der Waals surface area contributed by atoms with Gasteiger partial charge in [0.2, 0.25) is 5.88 Å². The van der Waals surface area contributed by atoms with Crippen LogP contribution in [0.15, 0.2) is 42.7 Å². The summed E-state index contributed by atoms with van der Waals surface area (Å²) in [5, 5.41) is 2.92. The highest BCUT2D eigenvalue weighted by Crippen LogP contribution is 2.36. The molecule has 0 aliphatic carbocycles. The molecule has 0 spiro atoms. The third-order valence-electron chi connectivity index (χ3n) is 3.21. The summed E-state index contributed by atoms with van der Waals surface area (Å²) in [7, 11) is 0. The number of aromatic nitrogens is 2. The average Bonchev–Trinajstić information content (AvgIpc) is 3.00. The molecule has 2 heterocycles. The molecule has 1 N–H and O–H groups in total. The minimum atomic E-state index is -4.52. The number of thiazole rings is 1. The third kappa shape index (κ3) is 4.57. The van der Waals surface area contributed by atoms with E-state index in [4.69, 9.17) is 27.9 Å². The van der Waals surface area contributed by atoms with Gasteiger partial charge in [0.1, 0.15) is 5.02 Å². The molecule has 0 radical (unpaired) electrons. The summed E-state index contributed by atoms with van der Waals surface area (Å²) >= 11 is 13.0. The Morgan fingerprint density at radius 2 is 1.88 bits per heavy atom. The molecule has 0 atom stereocenters. The summed E-state index contributed by atoms with van der Waals surface area (Å²) in [6.07, 6.45) is -2.20. The van der Waals surface area contributed by atoms with Gasteiger partial charge in [0.25, 0.3) is 0 Å². The minimum Gasteiger partial charge on any atom is -0.435 e. The monoisotopic (exact) mass is 419 g/mol. The predicted molar refractivity (Wildman–Crippen MR) is 95.2 cm³/mol. The number of hydrogen-bond acceptors (Lipinski definition) is 5. The van der Waals surface area contributed by atoms with Gasteiger partial charge in [0, 0.05) is 17.3 Å². The van der Waals surface area contributed by atoms with Crippen LogP contribution in [0.5, 0.6) is 11.6 Å². The lowest BCUT2D eigenvalue weighted by Crippen LogP contribution is -2.06. The number of halogens is 5. The third-order valence-corrected chi connectivity index (χ3v) is 4.59. The lowest BCUT2D eigenvalue weighted by molar-refractivity contribution is -0.137. The molecular weight excluding hydrogens is 410 g/mol. The quantitative estimate of drug-likeness (QED) is 0.529. The van der Waals surface area contributed by atoms with Crippen molar-refractivity contribution in [3.8, 4) is 11.6 Å². The molecule has 2 aromatic heterocycles. The van der Waals surface area contributed by atoms with Crippen molar-refractivity contribution >= 4 is 40.2 Å². The Balaban J connectivity index is 1.78. The number of alkyl halides is 3. The zero-order valence-corrected chi connectivity index (χ0v) is 15.2. The average molecular weight is 420 g/mol. The lowest BCUT2D eigenvalue weighted by atomic mass is 10.2. The van der Waals surface area contributed by atoms with Gasteiger partial charge in [-0.05, 0) is 18.2 Å². The van der Waals surface area contributed by atoms with Crippen LogP contribution in [-0.2, 0) is 12.7 Å². The molecule has 0 aliphatic rings. The molecule has 26 heavy (non-hydrogen) atoms. The molecule has 10 heteroatoms. The number of anilines is 1. The number of rotatable bonds is 5. The van der Waals surface area contributed by atoms with Crippen molar-refractivity contribution in [1.82, 2.24) is 9.97 Å². The summed E-state index contributed by atoms with van der Waals surface area (Å²) in [6, 6.07) is 7.70. The molecule has 3 rings (SSSR count). The predicted octanol–water partition coefficient (Wildman–Crippen LogP) is 6.27. The molecule has 0 saturated heterocycles. The highest BCUT2D eigenvalue weighted by molar-refractivity contribution is 7.15. The van der Waals surface area contributed by atoms with Crippen molar-refractivity contribution in [3.05, 3.63) is 62.7 Å². The lowest BCUT2D eigenvalue weighted by Gasteiger charge is -2.13. The van der Waals surface area contributed by atoms with Crippen LogP contribution < -0.4 is 10.1 Å². The van der Waals surface area contributed by atoms with Crippen LogP contribution in [0.25, 0.3) is 0 Å². The van der Waals surface area contributed by atoms with E-state index in [1.807, 2.05) is 0 Å². The second-order valence-corrected chi connectivity index (χ2v) is 7.14. The van der Waals surface area contributed by atoms with Crippen LogP contribution in [0.2, 0.25) is 9.49 Å².